The molecular formula is C11H19N3. The van der Waals surface area contributed by atoms with Crippen LogP contribution in [0.15, 0.2) is 0 Å². The lowest BCUT2D eigenvalue weighted by Gasteiger charge is -2.19. The molecule has 0 N–H and O–H groups in total. The Bertz CT molecular complexity index is 293. The Hall–Kier alpha value is -1.12. The van der Waals surface area contributed by atoms with Crippen LogP contribution in [0.2, 0.25) is 0 Å². The number of hydrogen-bond acceptors (Lipinski definition) is 3. The molecule has 0 amide bonds. The molecule has 1 rings (SSSR count). The number of hydrogen-bond donors (Lipinski definition) is 0. The fourth-order valence-electron chi connectivity index (χ4n) is 1.40. The van der Waals surface area contributed by atoms with Crippen molar-refractivity contribution in [1.82, 2.24) is 9.97 Å². The number of nitrogens with zero attached hydrogens (tertiary/aromatic N) is 3. The Kier molecular flexibility index (Phi) is 3.44. The van der Waals surface area contributed by atoms with Crippen LogP contribution >= 0.6 is 0 Å². The summed E-state index contributed by atoms with van der Waals surface area (Å²) in [4.78, 5) is 11.1. The van der Waals surface area contributed by atoms with E-state index in [0.29, 0.717) is 0 Å². The first-order valence-electron chi connectivity index (χ1n) is 5.16. The lowest BCUT2D eigenvalue weighted by molar-refractivity contribution is 0.807. The average molecular weight is 193 g/mol. The molecule has 0 saturated heterocycles. The molecule has 0 spiro atoms. The van der Waals surface area contributed by atoms with Crippen molar-refractivity contribution in [2.75, 3.05) is 18.0 Å². The van der Waals surface area contributed by atoms with Crippen LogP contribution in [0.3, 0.4) is 0 Å². The highest BCUT2D eigenvalue weighted by atomic mass is 15.2. The van der Waals surface area contributed by atoms with Gasteiger partial charge >= 0.3 is 0 Å². The zero-order valence-corrected chi connectivity index (χ0v) is 9.76. The summed E-state index contributed by atoms with van der Waals surface area (Å²) < 4.78 is 0. The van der Waals surface area contributed by atoms with Gasteiger partial charge in [-0.2, -0.15) is 0 Å². The normalized spacial score (nSPS) is 10.4. The number of aryl methyl sites for hydroxylation is 2. The summed E-state index contributed by atoms with van der Waals surface area (Å²) >= 11 is 0. The Morgan fingerprint density at radius 3 is 1.71 bits per heavy atom. The van der Waals surface area contributed by atoms with Gasteiger partial charge in [-0.1, -0.05) is 0 Å². The van der Waals surface area contributed by atoms with Gasteiger partial charge in [0.1, 0.15) is 0 Å². The Morgan fingerprint density at radius 2 is 1.36 bits per heavy atom. The van der Waals surface area contributed by atoms with Crippen LogP contribution < -0.4 is 4.90 Å². The molecule has 1 aromatic heterocycles. The Labute approximate surface area is 86.2 Å². The van der Waals surface area contributed by atoms with Crippen LogP contribution in [-0.2, 0) is 0 Å². The average Bonchev–Trinajstić information content (AvgIpc) is 2.16. The second-order valence-corrected chi connectivity index (χ2v) is 3.49. The van der Waals surface area contributed by atoms with Crippen molar-refractivity contribution in [1.29, 1.82) is 0 Å². The molecule has 0 aliphatic rings. The Balaban J connectivity index is 3.11. The molecular weight excluding hydrogens is 174 g/mol. The second-order valence-electron chi connectivity index (χ2n) is 3.49. The maximum Gasteiger partial charge on any atom is 0.225 e. The fourth-order valence-corrected chi connectivity index (χ4v) is 1.40. The van der Waals surface area contributed by atoms with Crippen molar-refractivity contribution >= 4 is 5.95 Å². The Morgan fingerprint density at radius 1 is 0.929 bits per heavy atom. The first-order valence-corrected chi connectivity index (χ1v) is 5.16. The zero-order chi connectivity index (χ0) is 10.7. The van der Waals surface area contributed by atoms with Crippen molar-refractivity contribution in [3.05, 3.63) is 17.0 Å². The van der Waals surface area contributed by atoms with Gasteiger partial charge in [0.15, 0.2) is 0 Å². The molecule has 0 aliphatic heterocycles. The minimum Gasteiger partial charge on any atom is -0.341 e. The highest BCUT2D eigenvalue weighted by Crippen LogP contribution is 2.13. The van der Waals surface area contributed by atoms with Crippen LogP contribution in [0, 0.1) is 20.8 Å². The standard InChI is InChI=1S/C11H19N3/c1-6-14(7-2)11-12-9(4)8(3)10(5)13-11/h6-7H2,1-5H3. The van der Waals surface area contributed by atoms with Crippen LogP contribution in [-0.4, -0.2) is 23.1 Å². The predicted molar refractivity (Wildman–Crippen MR) is 59.8 cm³/mol. The highest BCUT2D eigenvalue weighted by molar-refractivity contribution is 5.35. The van der Waals surface area contributed by atoms with Crippen molar-refractivity contribution in [3.8, 4) is 0 Å². The maximum atomic E-state index is 4.49. The molecule has 0 aliphatic carbocycles. The molecule has 1 aromatic rings. The third kappa shape index (κ3) is 2.03. The zero-order valence-electron chi connectivity index (χ0n) is 9.76. The van der Waals surface area contributed by atoms with Crippen LogP contribution in [0.4, 0.5) is 5.95 Å². The van der Waals surface area contributed by atoms with Crippen molar-refractivity contribution in [2.45, 2.75) is 34.6 Å². The summed E-state index contributed by atoms with van der Waals surface area (Å²) in [5, 5.41) is 0. The summed E-state index contributed by atoms with van der Waals surface area (Å²) in [6.07, 6.45) is 0. The van der Waals surface area contributed by atoms with E-state index in [-0.39, 0.29) is 0 Å². The van der Waals surface area contributed by atoms with E-state index in [2.05, 4.69) is 35.6 Å². The molecule has 0 radical (unpaired) electrons. The molecule has 3 heteroatoms. The molecule has 0 aromatic carbocycles. The quantitative estimate of drug-likeness (QED) is 0.737. The van der Waals surface area contributed by atoms with E-state index in [4.69, 9.17) is 0 Å². The van der Waals surface area contributed by atoms with Crippen molar-refractivity contribution in [2.24, 2.45) is 0 Å². The molecule has 14 heavy (non-hydrogen) atoms. The van der Waals surface area contributed by atoms with E-state index in [0.717, 1.165) is 30.4 Å². The van der Waals surface area contributed by atoms with Crippen LogP contribution in [0.25, 0.3) is 0 Å². The number of rotatable bonds is 3. The summed E-state index contributed by atoms with van der Waals surface area (Å²) in [5.41, 5.74) is 3.36. The third-order valence-corrected chi connectivity index (χ3v) is 2.67. The summed E-state index contributed by atoms with van der Waals surface area (Å²) in [7, 11) is 0. The summed E-state index contributed by atoms with van der Waals surface area (Å²) in [5.74, 6) is 0.857. The van der Waals surface area contributed by atoms with Gasteiger partial charge in [-0.15, -0.1) is 0 Å². The fraction of sp³-hybridized carbons (Fsp3) is 0.636. The van der Waals surface area contributed by atoms with Gasteiger partial charge in [0, 0.05) is 24.5 Å². The van der Waals surface area contributed by atoms with Crippen molar-refractivity contribution < 1.29 is 0 Å². The topological polar surface area (TPSA) is 29.0 Å². The van der Waals surface area contributed by atoms with E-state index in [1.54, 1.807) is 0 Å². The summed E-state index contributed by atoms with van der Waals surface area (Å²) in [6.45, 7) is 12.3. The molecule has 78 valence electrons. The molecule has 0 bridgehead atoms. The largest absolute Gasteiger partial charge is 0.341 e. The van der Waals surface area contributed by atoms with Crippen LogP contribution in [0.5, 0.6) is 0 Å². The lowest BCUT2D eigenvalue weighted by atomic mass is 10.2. The third-order valence-electron chi connectivity index (χ3n) is 2.67. The molecule has 0 atom stereocenters. The van der Waals surface area contributed by atoms with Gasteiger partial charge in [0.2, 0.25) is 5.95 Å². The highest BCUT2D eigenvalue weighted by Gasteiger charge is 2.08. The molecule has 3 nitrogen and oxygen atoms in total. The number of aromatic nitrogens is 2. The smallest absolute Gasteiger partial charge is 0.225 e. The second kappa shape index (κ2) is 4.40. The van der Waals surface area contributed by atoms with Gasteiger partial charge < -0.3 is 4.90 Å². The first-order chi connectivity index (χ1) is 6.60. The monoisotopic (exact) mass is 193 g/mol. The van der Waals surface area contributed by atoms with E-state index in [1.165, 1.54) is 5.56 Å². The van der Waals surface area contributed by atoms with E-state index >= 15 is 0 Å². The minimum absolute atomic E-state index is 0.857. The maximum absolute atomic E-state index is 4.49. The predicted octanol–water partition coefficient (Wildman–Crippen LogP) is 2.25. The minimum atomic E-state index is 0.857. The van der Waals surface area contributed by atoms with E-state index in [1.807, 2.05) is 13.8 Å². The molecule has 0 unspecified atom stereocenters. The number of anilines is 1. The van der Waals surface area contributed by atoms with Crippen LogP contribution in [0.1, 0.15) is 30.8 Å². The van der Waals surface area contributed by atoms with Crippen molar-refractivity contribution in [3.63, 3.8) is 0 Å². The van der Waals surface area contributed by atoms with E-state index < -0.39 is 0 Å². The molecule has 0 saturated carbocycles. The molecule has 1 heterocycles. The van der Waals surface area contributed by atoms with E-state index in [9.17, 15) is 0 Å². The SMILES string of the molecule is CCN(CC)c1nc(C)c(C)c(C)n1. The van der Waals surface area contributed by atoms with Gasteiger partial charge in [-0.3, -0.25) is 0 Å². The van der Waals surface area contributed by atoms with Gasteiger partial charge in [0.05, 0.1) is 0 Å². The lowest BCUT2D eigenvalue weighted by Crippen LogP contribution is -2.25. The molecule has 0 fully saturated rings. The van der Waals surface area contributed by atoms with Gasteiger partial charge in [-0.05, 0) is 40.2 Å². The first kappa shape index (κ1) is 11.0. The van der Waals surface area contributed by atoms with Gasteiger partial charge in [-0.25, -0.2) is 9.97 Å². The van der Waals surface area contributed by atoms with Gasteiger partial charge in [0.25, 0.3) is 0 Å². The summed E-state index contributed by atoms with van der Waals surface area (Å²) in [6, 6.07) is 0.